The van der Waals surface area contributed by atoms with Gasteiger partial charge in [-0.25, -0.2) is 0 Å². The summed E-state index contributed by atoms with van der Waals surface area (Å²) in [6.45, 7) is 2.87. The van der Waals surface area contributed by atoms with Gasteiger partial charge in [0.25, 0.3) is 0 Å². The Kier molecular flexibility index (Phi) is 46.9. The summed E-state index contributed by atoms with van der Waals surface area (Å²) in [5.74, 6) is -0.212. The quantitative estimate of drug-likeness (QED) is 0.0204. The molecule has 1 amide bonds. The molecule has 2 heterocycles. The van der Waals surface area contributed by atoms with E-state index in [1.54, 1.807) is 0 Å². The lowest BCUT2D eigenvalue weighted by Gasteiger charge is -2.46. The Labute approximate surface area is 476 Å². The number of hydrogen-bond acceptors (Lipinski definition) is 13. The fourth-order valence-corrected chi connectivity index (χ4v) is 11.2. The zero-order valence-corrected chi connectivity index (χ0v) is 49.9. The number of allylic oxidation sites excluding steroid dienone is 2. The molecule has 0 aromatic rings. The number of amides is 1. The van der Waals surface area contributed by atoms with Crippen molar-refractivity contribution in [2.75, 3.05) is 19.8 Å². The molecule has 0 spiro atoms. The van der Waals surface area contributed by atoms with Crippen molar-refractivity contribution in [2.45, 2.75) is 370 Å². The first-order valence-electron chi connectivity index (χ1n) is 32.9. The molecule has 2 rings (SSSR count). The van der Waals surface area contributed by atoms with Crippen molar-refractivity contribution < 1.29 is 64.6 Å². The molecule has 2 aliphatic rings. The molecule has 9 N–H and O–H groups in total. The van der Waals surface area contributed by atoms with E-state index in [0.29, 0.717) is 19.3 Å². The first-order valence-corrected chi connectivity index (χ1v) is 32.9. The van der Waals surface area contributed by atoms with E-state index in [0.717, 1.165) is 64.2 Å². The number of aliphatic hydroxyl groups is 8. The van der Waals surface area contributed by atoms with Crippen LogP contribution in [0.1, 0.15) is 296 Å². The van der Waals surface area contributed by atoms with Gasteiger partial charge in [-0.2, -0.15) is 0 Å². The van der Waals surface area contributed by atoms with Gasteiger partial charge in [0, 0.05) is 6.42 Å². The molecular formula is C64H123NO13. The average Bonchev–Trinajstić information content (AvgIpc) is 3.47. The van der Waals surface area contributed by atoms with Gasteiger partial charge in [-0.05, 0) is 38.5 Å². The fourth-order valence-electron chi connectivity index (χ4n) is 11.2. The number of ether oxygens (including phenoxy) is 4. The topological polar surface area (TPSA) is 228 Å². The van der Waals surface area contributed by atoms with E-state index in [1.807, 2.05) is 0 Å². The normalized spacial score (nSPS) is 24.5. The first-order chi connectivity index (χ1) is 38.1. The summed E-state index contributed by atoms with van der Waals surface area (Å²) < 4.78 is 22.8. The van der Waals surface area contributed by atoms with Crippen molar-refractivity contribution in [1.29, 1.82) is 0 Å². The molecule has 0 bridgehead atoms. The minimum atomic E-state index is -1.78. The maximum absolute atomic E-state index is 13.2. The largest absolute Gasteiger partial charge is 0.394 e. The van der Waals surface area contributed by atoms with E-state index < -0.39 is 86.8 Å². The Bertz CT molecular complexity index is 1360. The summed E-state index contributed by atoms with van der Waals surface area (Å²) >= 11 is 0. The molecule has 12 atom stereocenters. The minimum Gasteiger partial charge on any atom is -0.394 e. The van der Waals surface area contributed by atoms with Crippen molar-refractivity contribution >= 4 is 5.91 Å². The van der Waals surface area contributed by atoms with Gasteiger partial charge in [0.15, 0.2) is 12.6 Å². The molecule has 2 aliphatic heterocycles. The van der Waals surface area contributed by atoms with Crippen LogP contribution in [0.25, 0.3) is 0 Å². The zero-order chi connectivity index (χ0) is 56.7. The Balaban J connectivity index is 1.63. The van der Waals surface area contributed by atoms with Crippen LogP contribution in [-0.4, -0.2) is 140 Å². The van der Waals surface area contributed by atoms with Gasteiger partial charge in [0.1, 0.15) is 48.8 Å². The summed E-state index contributed by atoms with van der Waals surface area (Å²) in [7, 11) is 0. The second kappa shape index (κ2) is 50.3. The molecule has 12 unspecified atom stereocenters. The minimum absolute atomic E-state index is 0.212. The third-order valence-corrected chi connectivity index (χ3v) is 16.5. The molecule has 0 aromatic heterocycles. The number of nitrogens with one attached hydrogen (secondary N) is 1. The van der Waals surface area contributed by atoms with Crippen molar-refractivity contribution in [2.24, 2.45) is 0 Å². The number of carbonyl (C=O) groups is 1. The summed E-state index contributed by atoms with van der Waals surface area (Å²) in [6.07, 6.45) is 42.4. The molecule has 14 nitrogen and oxygen atoms in total. The van der Waals surface area contributed by atoms with Crippen molar-refractivity contribution in [3.63, 3.8) is 0 Å². The van der Waals surface area contributed by atoms with Crippen molar-refractivity contribution in [3.05, 3.63) is 12.2 Å². The summed E-state index contributed by atoms with van der Waals surface area (Å²) in [6, 6.07) is -0.830. The molecule has 2 fully saturated rings. The zero-order valence-electron chi connectivity index (χ0n) is 49.9. The molecule has 0 aliphatic carbocycles. The smallest absolute Gasteiger partial charge is 0.220 e. The Morgan fingerprint density at radius 1 is 0.449 bits per heavy atom. The fraction of sp³-hybridized carbons (Fsp3) is 0.953. The summed E-state index contributed by atoms with van der Waals surface area (Å²) in [4.78, 5) is 13.2. The second-order valence-electron chi connectivity index (χ2n) is 23.6. The lowest BCUT2D eigenvalue weighted by Crippen LogP contribution is -2.65. The molecule has 0 aromatic carbocycles. The molecule has 0 radical (unpaired) electrons. The Morgan fingerprint density at radius 3 is 1.23 bits per heavy atom. The van der Waals surface area contributed by atoms with Crippen molar-refractivity contribution in [3.8, 4) is 0 Å². The van der Waals surface area contributed by atoms with Gasteiger partial charge in [-0.1, -0.05) is 264 Å². The first kappa shape index (κ1) is 72.8. The van der Waals surface area contributed by atoms with E-state index in [4.69, 9.17) is 18.9 Å². The van der Waals surface area contributed by atoms with Crippen LogP contribution in [-0.2, 0) is 23.7 Å². The average molecular weight is 1110 g/mol. The number of aliphatic hydroxyl groups excluding tert-OH is 8. The maximum Gasteiger partial charge on any atom is 0.220 e. The summed E-state index contributed by atoms with van der Waals surface area (Å²) in [5, 5.41) is 87.3. The van der Waals surface area contributed by atoms with Crippen LogP contribution in [0.15, 0.2) is 12.2 Å². The van der Waals surface area contributed by atoms with Crippen LogP contribution in [0.4, 0.5) is 0 Å². The van der Waals surface area contributed by atoms with Crippen LogP contribution < -0.4 is 5.32 Å². The van der Waals surface area contributed by atoms with E-state index in [-0.39, 0.29) is 12.5 Å². The predicted molar refractivity (Wildman–Crippen MR) is 314 cm³/mol. The van der Waals surface area contributed by atoms with E-state index in [9.17, 15) is 45.6 Å². The lowest BCUT2D eigenvalue weighted by molar-refractivity contribution is -0.359. The highest BCUT2D eigenvalue weighted by molar-refractivity contribution is 5.76. The van der Waals surface area contributed by atoms with Gasteiger partial charge in [0.2, 0.25) is 5.91 Å². The molecular weight excluding hydrogens is 991 g/mol. The van der Waals surface area contributed by atoms with Gasteiger partial charge in [-0.15, -0.1) is 0 Å². The van der Waals surface area contributed by atoms with Gasteiger partial charge in [0.05, 0.1) is 32.0 Å². The third-order valence-electron chi connectivity index (χ3n) is 16.5. The standard InChI is InChI=1S/C64H123NO13/c1-3-5-7-9-11-13-15-17-18-19-20-21-22-23-24-25-26-27-28-29-30-31-32-33-34-36-37-39-41-43-45-47-53(68)52(65-56(69)48-46-44-42-40-38-35-16-14-12-10-8-6-4-2)51-75-63-61(74)59(72)62(55(50-67)77-63)78-64-60(73)58(71)57(70)54(49-66)76-64/h14,16,52-55,57-64,66-68,70-74H,3-13,15,17-51H2,1-2H3,(H,65,69)/b16-14-. The Hall–Kier alpha value is -1.27. The number of hydrogen-bond donors (Lipinski definition) is 9. The molecule has 78 heavy (non-hydrogen) atoms. The van der Waals surface area contributed by atoms with Crippen LogP contribution >= 0.6 is 0 Å². The number of unbranched alkanes of at least 4 members (excludes halogenated alkanes) is 39. The maximum atomic E-state index is 13.2. The molecule has 14 heteroatoms. The summed E-state index contributed by atoms with van der Waals surface area (Å²) in [5.41, 5.74) is 0. The molecule has 462 valence electrons. The highest BCUT2D eigenvalue weighted by Gasteiger charge is 2.51. The van der Waals surface area contributed by atoms with Gasteiger partial charge >= 0.3 is 0 Å². The number of rotatable bonds is 54. The van der Waals surface area contributed by atoms with Crippen LogP contribution in [0, 0.1) is 0 Å². The van der Waals surface area contributed by atoms with Gasteiger partial charge < -0.3 is 65.1 Å². The molecule has 2 saturated heterocycles. The van der Waals surface area contributed by atoms with Crippen LogP contribution in [0.3, 0.4) is 0 Å². The van der Waals surface area contributed by atoms with Crippen molar-refractivity contribution in [1.82, 2.24) is 5.32 Å². The molecule has 0 saturated carbocycles. The highest BCUT2D eigenvalue weighted by atomic mass is 16.7. The van der Waals surface area contributed by atoms with E-state index >= 15 is 0 Å². The van der Waals surface area contributed by atoms with Gasteiger partial charge in [-0.3, -0.25) is 4.79 Å². The SMILES string of the molecule is CCCCCC/C=C\CCCCCCCC(=O)NC(COC1OC(CO)C(OC2OC(CO)C(O)C(O)C2O)C(O)C1O)C(O)CCCCCCCCCCCCCCCCCCCCCCCCCCCCCCCCC. The monoisotopic (exact) mass is 1110 g/mol. The highest BCUT2D eigenvalue weighted by Crippen LogP contribution is 2.30. The predicted octanol–water partition coefficient (Wildman–Crippen LogP) is 12.2. The van der Waals surface area contributed by atoms with E-state index in [1.165, 1.54) is 199 Å². The second-order valence-corrected chi connectivity index (χ2v) is 23.6. The van der Waals surface area contributed by atoms with Crippen LogP contribution in [0.5, 0.6) is 0 Å². The third kappa shape index (κ3) is 35.0. The lowest BCUT2D eigenvalue weighted by atomic mass is 9.97. The Morgan fingerprint density at radius 2 is 0.808 bits per heavy atom. The number of carbonyl (C=O) groups excluding carboxylic acids is 1. The van der Waals surface area contributed by atoms with Crippen LogP contribution in [0.2, 0.25) is 0 Å². The van der Waals surface area contributed by atoms with E-state index in [2.05, 4.69) is 31.3 Å².